The van der Waals surface area contributed by atoms with Crippen molar-refractivity contribution in [2.24, 2.45) is 0 Å². The molecule has 0 saturated carbocycles. The van der Waals surface area contributed by atoms with Gasteiger partial charge in [0.2, 0.25) is 0 Å². The SMILES string of the molecule is C=C1COc2c1ccc1c2c2ccccc2n1CCCF.C=C1NC=Cc2c1ccc1c2c2ccccc2n1CCC.C=C1NC=Cc2c1ccc1c2c2ccccc2n1CCCF.C=C1NCCc2c1ccc1c2c2ccccc2n1CCC.C=C1NCCc2c1ccc1c2c2ccccc2n1CCCF.C=C1NCc2c1ccc1c2c2ccccc2n1CCCF. The summed E-state index contributed by atoms with van der Waals surface area (Å²) in [4.78, 5) is 0. The maximum absolute atomic E-state index is 12.7. The summed E-state index contributed by atoms with van der Waals surface area (Å²) in [7, 11) is 0. The molecule has 12 aromatic carbocycles. The molecule has 128 heavy (non-hydrogen) atoms. The van der Waals surface area contributed by atoms with Gasteiger partial charge in [-0.25, -0.2) is 0 Å². The fourth-order valence-corrected chi connectivity index (χ4v) is 20.7. The van der Waals surface area contributed by atoms with E-state index in [0.29, 0.717) is 51.9 Å². The summed E-state index contributed by atoms with van der Waals surface area (Å²) in [6, 6.07) is 76.8. The summed E-state index contributed by atoms with van der Waals surface area (Å²) >= 11 is 0. The van der Waals surface area contributed by atoms with Gasteiger partial charge in [-0.3, -0.25) is 17.6 Å². The molecule has 0 radical (unpaired) electrons. The Kier molecular flexibility index (Phi) is 23.5. The molecule has 0 aliphatic carbocycles. The molecule has 5 N–H and O–H groups in total. The van der Waals surface area contributed by atoms with E-state index in [2.05, 4.69) is 314 Å². The molecule has 0 bridgehead atoms. The van der Waals surface area contributed by atoms with E-state index in [-0.39, 0.29) is 26.7 Å². The van der Waals surface area contributed by atoms with Gasteiger partial charge < -0.3 is 58.7 Å². The molecular weight excluding hydrogens is 1590 g/mol. The number of ether oxygens (including phenoxy) is 1. The van der Waals surface area contributed by atoms with Gasteiger partial charge in [-0.05, 0) is 176 Å². The Hall–Kier alpha value is -14.1. The Morgan fingerprint density at radius 1 is 0.297 bits per heavy atom. The van der Waals surface area contributed by atoms with Gasteiger partial charge in [-0.15, -0.1) is 0 Å². The lowest BCUT2D eigenvalue weighted by Gasteiger charge is -2.21. The van der Waals surface area contributed by atoms with Gasteiger partial charge in [-0.2, -0.15) is 0 Å². The van der Waals surface area contributed by atoms with Crippen molar-refractivity contribution in [1.29, 1.82) is 0 Å². The largest absolute Gasteiger partial charge is 0.488 e. The molecule has 0 atom stereocenters. The first-order valence-electron chi connectivity index (χ1n) is 45.2. The van der Waals surface area contributed by atoms with E-state index in [1.165, 1.54) is 148 Å². The zero-order valence-corrected chi connectivity index (χ0v) is 73.0. The van der Waals surface area contributed by atoms with E-state index in [9.17, 15) is 17.6 Å². The normalized spacial score (nSPS) is 14.0. The maximum atomic E-state index is 12.7. The van der Waals surface area contributed by atoms with Gasteiger partial charge in [-0.1, -0.05) is 193 Å². The number of aryl methyl sites for hydroxylation is 6. The minimum atomic E-state index is -0.299. The molecule has 16 heteroatoms. The number of hydrogen-bond acceptors (Lipinski definition) is 6. The fraction of sp³-hybridized carbons (Fsp3) is 0.214. The van der Waals surface area contributed by atoms with Crippen molar-refractivity contribution >= 4 is 177 Å². The van der Waals surface area contributed by atoms with Crippen LogP contribution in [-0.2, 0) is 58.7 Å². The Labute approximate surface area is 743 Å². The molecular formula is C112H107F4N11O. The summed E-state index contributed by atoms with van der Waals surface area (Å²) in [5.41, 5.74) is 34.4. The lowest BCUT2D eigenvalue weighted by molar-refractivity contribution is 0.393. The number of fused-ring (bicyclic) bond motifs is 30. The van der Waals surface area contributed by atoms with Gasteiger partial charge in [0.25, 0.3) is 0 Å². The number of alkyl halides is 4. The van der Waals surface area contributed by atoms with Crippen LogP contribution in [0.3, 0.4) is 0 Å². The predicted molar refractivity (Wildman–Crippen MR) is 534 cm³/mol. The van der Waals surface area contributed by atoms with Crippen LogP contribution in [0.2, 0.25) is 0 Å². The monoisotopic (exact) mass is 1700 g/mol. The third-order valence-electron chi connectivity index (χ3n) is 26.3. The Morgan fingerprint density at radius 2 is 0.586 bits per heavy atom. The first kappa shape index (κ1) is 83.4. The lowest BCUT2D eigenvalue weighted by atomic mass is 9.94. The van der Waals surface area contributed by atoms with Gasteiger partial charge in [0.1, 0.15) is 12.4 Å². The molecule has 6 aliphatic rings. The Bertz CT molecular complexity index is 7420. The molecule has 6 aromatic heterocycles. The summed E-state index contributed by atoms with van der Waals surface area (Å²) in [6.45, 7) is 36.2. The quantitative estimate of drug-likeness (QED) is 0.0618. The molecule has 0 spiro atoms. The lowest BCUT2D eigenvalue weighted by Crippen LogP contribution is -2.22. The Morgan fingerprint density at radius 3 is 0.945 bits per heavy atom. The number of para-hydroxylation sites is 6. The summed E-state index contributed by atoms with van der Waals surface area (Å²) in [5, 5.41) is 31.7. The van der Waals surface area contributed by atoms with Gasteiger partial charge in [0.15, 0.2) is 0 Å². The van der Waals surface area contributed by atoms with E-state index < -0.39 is 0 Å². The zero-order valence-electron chi connectivity index (χ0n) is 73.0. The van der Waals surface area contributed by atoms with Crippen LogP contribution in [0, 0.1) is 0 Å². The minimum Gasteiger partial charge on any atom is -0.488 e. The van der Waals surface area contributed by atoms with Crippen LogP contribution in [0.5, 0.6) is 5.75 Å². The highest BCUT2D eigenvalue weighted by atomic mass is 19.1. The van der Waals surface area contributed by atoms with Crippen molar-refractivity contribution in [1.82, 2.24) is 54.0 Å². The fourth-order valence-electron chi connectivity index (χ4n) is 20.7. The molecule has 6 aliphatic heterocycles. The van der Waals surface area contributed by atoms with Crippen molar-refractivity contribution in [3.63, 3.8) is 0 Å². The second-order valence-electron chi connectivity index (χ2n) is 33.8. The number of hydrogen-bond donors (Lipinski definition) is 5. The highest BCUT2D eigenvalue weighted by Gasteiger charge is 2.28. The molecule has 24 rings (SSSR count). The predicted octanol–water partition coefficient (Wildman–Crippen LogP) is 26.8. The van der Waals surface area contributed by atoms with E-state index in [0.717, 1.165) is 149 Å². The topological polar surface area (TPSA) is 99.0 Å². The number of benzene rings is 12. The minimum absolute atomic E-state index is 0.278. The Balaban J connectivity index is 0.0000000999. The van der Waals surface area contributed by atoms with Crippen LogP contribution in [0.25, 0.3) is 177 Å². The number of halogens is 4. The van der Waals surface area contributed by atoms with Crippen molar-refractivity contribution in [3.05, 3.63) is 331 Å². The number of aromatic nitrogens is 6. The molecule has 0 saturated heterocycles. The van der Waals surface area contributed by atoms with Crippen LogP contribution < -0.4 is 31.3 Å². The standard InChI is InChI=1S/C19H19FN2.C19H17FN2.C19H20N2.C19H18N2.C18H17FN2.C18H16FNO/c2*1-13-14-7-8-18-19(15(14)9-11-21-13)16-5-2-3-6-17(16)22(18)12-4-10-20;2*1-3-12-21-17-7-5-4-6-16(17)19-15-10-11-20-13(2)14(15)8-9-18(19)21;1-12-13-7-8-17-18(15(13)11-20-12)14-5-2-3-6-16(14)21(17)10-4-9-19;1-12-11-21-18-13(12)7-8-16-17(18)14-5-2-3-6-15(14)20(16)10-4-9-19/h2-3,5-8,21H,1,4,9-12H2;2-3,5-9,11,21H,1,4,10,12H2;4-9,20H,2-3,10-12H2,1H3;4-11,20H,2-3,12H2,1H3;2-3,5-8,20H,1,4,9-11H2;2-3,5-8H,1,4,9-11H2. The zero-order chi connectivity index (χ0) is 87.8. The van der Waals surface area contributed by atoms with Crippen molar-refractivity contribution in [2.75, 3.05) is 46.4 Å². The van der Waals surface area contributed by atoms with E-state index in [1.807, 2.05) is 36.7 Å². The van der Waals surface area contributed by atoms with Crippen molar-refractivity contribution in [3.8, 4) is 5.75 Å². The molecule has 12 nitrogen and oxygen atoms in total. The van der Waals surface area contributed by atoms with Crippen LogP contribution in [0.1, 0.15) is 114 Å². The third kappa shape index (κ3) is 14.7. The first-order valence-corrected chi connectivity index (χ1v) is 45.2. The molecule has 0 amide bonds. The van der Waals surface area contributed by atoms with Gasteiger partial charge in [0, 0.05) is 253 Å². The molecule has 0 fully saturated rings. The smallest absolute Gasteiger partial charge is 0.137 e. The highest BCUT2D eigenvalue weighted by Crippen LogP contribution is 2.46. The van der Waals surface area contributed by atoms with Gasteiger partial charge >= 0.3 is 0 Å². The van der Waals surface area contributed by atoms with Crippen LogP contribution in [0.15, 0.2) is 270 Å². The maximum Gasteiger partial charge on any atom is 0.137 e. The highest BCUT2D eigenvalue weighted by molar-refractivity contribution is 6.18. The van der Waals surface area contributed by atoms with E-state index in [4.69, 9.17) is 4.74 Å². The summed E-state index contributed by atoms with van der Waals surface area (Å²) < 4.78 is 70.3. The van der Waals surface area contributed by atoms with Crippen LogP contribution in [0.4, 0.5) is 17.6 Å². The molecule has 644 valence electrons. The average molecular weight is 1700 g/mol. The summed E-state index contributed by atoms with van der Waals surface area (Å²) in [6.07, 6.45) is 14.7. The third-order valence-corrected chi connectivity index (χ3v) is 26.3. The van der Waals surface area contributed by atoms with Crippen molar-refractivity contribution < 1.29 is 22.3 Å². The van der Waals surface area contributed by atoms with Gasteiger partial charge in [0.05, 0.1) is 37.6 Å². The second-order valence-corrected chi connectivity index (χ2v) is 33.8. The van der Waals surface area contributed by atoms with E-state index >= 15 is 0 Å². The second kappa shape index (κ2) is 36.1. The first-order chi connectivity index (χ1) is 62.9. The summed E-state index contributed by atoms with van der Waals surface area (Å²) in [5.74, 6) is 0.924. The number of nitrogens with one attached hydrogen (secondary N) is 5. The van der Waals surface area contributed by atoms with Crippen molar-refractivity contribution in [2.45, 2.75) is 111 Å². The van der Waals surface area contributed by atoms with E-state index in [1.54, 1.807) is 0 Å². The molecule has 18 aromatic rings. The molecule has 0 unspecified atom stereocenters. The average Bonchev–Trinajstić information content (AvgIpc) is 1.59. The van der Waals surface area contributed by atoms with Crippen LogP contribution in [-0.4, -0.2) is 73.8 Å². The number of rotatable bonds is 16. The molecule has 12 heterocycles. The van der Waals surface area contributed by atoms with Crippen LogP contribution >= 0.6 is 0 Å². The number of nitrogens with zero attached hydrogens (tertiary/aromatic N) is 6.